The molecule has 156 valence electrons. The van der Waals surface area contributed by atoms with E-state index in [1.807, 2.05) is 30.3 Å². The fraction of sp³-hybridized carbons (Fsp3) is 0.250. The minimum atomic E-state index is 0.0810. The van der Waals surface area contributed by atoms with Gasteiger partial charge in [-0.05, 0) is 47.7 Å². The second-order valence-electron chi connectivity index (χ2n) is 9.09. The van der Waals surface area contributed by atoms with E-state index in [9.17, 15) is 0 Å². The highest BCUT2D eigenvalue weighted by molar-refractivity contribution is 6.05. The van der Waals surface area contributed by atoms with Gasteiger partial charge in [0.05, 0.1) is 12.8 Å². The molecule has 0 spiro atoms. The normalized spacial score (nSPS) is 20.6. The Morgan fingerprint density at radius 2 is 1.58 bits per heavy atom. The molecule has 0 bridgehead atoms. The smallest absolute Gasteiger partial charge is 0.131 e. The highest BCUT2D eigenvalue weighted by Crippen LogP contribution is 2.50. The van der Waals surface area contributed by atoms with Gasteiger partial charge in [-0.25, -0.2) is 0 Å². The maximum absolute atomic E-state index is 6.51. The first-order valence-electron chi connectivity index (χ1n) is 10.8. The number of para-hydroxylation sites is 1. The van der Waals surface area contributed by atoms with Crippen molar-refractivity contribution in [3.8, 4) is 11.5 Å². The minimum Gasteiger partial charge on any atom is -0.497 e. The van der Waals surface area contributed by atoms with Gasteiger partial charge in [0.15, 0.2) is 0 Å². The second-order valence-corrected chi connectivity index (χ2v) is 9.09. The average molecular weight is 410 g/mol. The molecule has 1 atom stereocenters. The van der Waals surface area contributed by atoms with Crippen LogP contribution in [0.25, 0.3) is 0 Å². The van der Waals surface area contributed by atoms with Crippen molar-refractivity contribution < 1.29 is 9.47 Å². The number of nitrogens with zero attached hydrogens (tertiary/aromatic N) is 1. The van der Waals surface area contributed by atoms with Crippen molar-refractivity contribution in [2.24, 2.45) is 10.4 Å². The number of allylic oxidation sites excluding steroid dienone is 2. The number of rotatable bonds is 3. The zero-order valence-corrected chi connectivity index (χ0v) is 18.3. The molecule has 3 aromatic carbocycles. The molecule has 3 aromatic rings. The summed E-state index contributed by atoms with van der Waals surface area (Å²) in [5.74, 6) is 2.96. The lowest BCUT2D eigenvalue weighted by atomic mass is 9.69. The Bertz CT molecular complexity index is 1160. The maximum Gasteiger partial charge on any atom is 0.131 e. The highest BCUT2D eigenvalue weighted by atomic mass is 16.5. The van der Waals surface area contributed by atoms with E-state index in [1.54, 1.807) is 7.11 Å². The number of hydrogen-bond acceptors (Lipinski definition) is 3. The molecule has 0 unspecified atom stereocenters. The summed E-state index contributed by atoms with van der Waals surface area (Å²) in [7, 11) is 1.68. The van der Waals surface area contributed by atoms with Crippen molar-refractivity contribution in [3.63, 3.8) is 0 Å². The molecule has 0 fully saturated rings. The van der Waals surface area contributed by atoms with E-state index in [0.29, 0.717) is 0 Å². The van der Waals surface area contributed by atoms with Gasteiger partial charge in [-0.1, -0.05) is 62.4 Å². The van der Waals surface area contributed by atoms with E-state index in [1.165, 1.54) is 16.7 Å². The number of fused-ring (bicyclic) bond motifs is 1. The SMILES string of the molecule is COc1ccc(N=C2CC(C)(C)CC3=C2[C@@H](c2ccccc2)c2ccccc2O3)cc1. The molecule has 1 aliphatic carbocycles. The summed E-state index contributed by atoms with van der Waals surface area (Å²) >= 11 is 0. The van der Waals surface area contributed by atoms with Gasteiger partial charge in [-0.3, -0.25) is 4.99 Å². The zero-order valence-electron chi connectivity index (χ0n) is 18.3. The van der Waals surface area contributed by atoms with Crippen LogP contribution in [-0.2, 0) is 0 Å². The second kappa shape index (κ2) is 7.73. The molecule has 1 heterocycles. The molecule has 0 saturated carbocycles. The summed E-state index contributed by atoms with van der Waals surface area (Å²) < 4.78 is 11.8. The van der Waals surface area contributed by atoms with Crippen molar-refractivity contribution in [2.45, 2.75) is 32.6 Å². The summed E-state index contributed by atoms with van der Waals surface area (Å²) in [6, 6.07) is 27.1. The molecule has 3 heteroatoms. The van der Waals surface area contributed by atoms with Crippen LogP contribution in [0.1, 0.15) is 43.7 Å². The van der Waals surface area contributed by atoms with E-state index in [2.05, 4.69) is 62.4 Å². The van der Waals surface area contributed by atoms with Gasteiger partial charge in [-0.15, -0.1) is 0 Å². The van der Waals surface area contributed by atoms with Gasteiger partial charge in [-0.2, -0.15) is 0 Å². The fourth-order valence-corrected chi connectivity index (χ4v) is 4.72. The molecule has 0 N–H and O–H groups in total. The largest absolute Gasteiger partial charge is 0.497 e. The molecular weight excluding hydrogens is 382 g/mol. The topological polar surface area (TPSA) is 30.8 Å². The molecule has 3 nitrogen and oxygen atoms in total. The molecule has 31 heavy (non-hydrogen) atoms. The summed E-state index contributed by atoms with van der Waals surface area (Å²) in [6.45, 7) is 4.59. The van der Waals surface area contributed by atoms with Gasteiger partial charge in [0.1, 0.15) is 17.3 Å². The predicted molar refractivity (Wildman–Crippen MR) is 125 cm³/mol. The predicted octanol–water partition coefficient (Wildman–Crippen LogP) is 7.07. The molecule has 0 amide bonds. The van der Waals surface area contributed by atoms with Crippen LogP contribution in [0.2, 0.25) is 0 Å². The Labute approximate surface area is 184 Å². The van der Waals surface area contributed by atoms with Crippen LogP contribution in [0.3, 0.4) is 0 Å². The molecule has 1 aliphatic heterocycles. The van der Waals surface area contributed by atoms with Crippen LogP contribution >= 0.6 is 0 Å². The number of hydrogen-bond donors (Lipinski definition) is 0. The minimum absolute atomic E-state index is 0.0810. The van der Waals surface area contributed by atoms with E-state index in [4.69, 9.17) is 14.5 Å². The molecule has 0 radical (unpaired) electrons. The highest BCUT2D eigenvalue weighted by Gasteiger charge is 2.40. The third-order valence-corrected chi connectivity index (χ3v) is 6.12. The van der Waals surface area contributed by atoms with Crippen LogP contribution in [-0.4, -0.2) is 12.8 Å². The van der Waals surface area contributed by atoms with E-state index in [0.717, 1.165) is 41.5 Å². The summed E-state index contributed by atoms with van der Waals surface area (Å²) in [6.07, 6.45) is 1.81. The summed E-state index contributed by atoms with van der Waals surface area (Å²) in [5.41, 5.74) is 5.82. The van der Waals surface area contributed by atoms with Crippen LogP contribution in [0.15, 0.2) is 95.2 Å². The number of benzene rings is 3. The number of ether oxygens (including phenoxy) is 2. The number of methoxy groups -OCH3 is 1. The van der Waals surface area contributed by atoms with Crippen molar-refractivity contribution in [2.75, 3.05) is 7.11 Å². The van der Waals surface area contributed by atoms with Crippen LogP contribution in [0.4, 0.5) is 5.69 Å². The van der Waals surface area contributed by atoms with Gasteiger partial charge < -0.3 is 9.47 Å². The van der Waals surface area contributed by atoms with Crippen LogP contribution in [0.5, 0.6) is 11.5 Å². The monoisotopic (exact) mass is 409 g/mol. The van der Waals surface area contributed by atoms with Crippen molar-refractivity contribution in [1.82, 2.24) is 0 Å². The number of aliphatic imine (C=N–C) groups is 1. The standard InChI is InChI=1S/C28H27NO2/c1-28(2)17-23(29-20-13-15-21(30-3)16-14-20)27-25(18-28)31-24-12-8-7-11-22(24)26(27)19-9-5-4-6-10-19/h4-16,26H,17-18H2,1-3H3/t26-/m0/s1. The van der Waals surface area contributed by atoms with E-state index >= 15 is 0 Å². The third kappa shape index (κ3) is 3.76. The molecule has 5 rings (SSSR count). The Hall–Kier alpha value is -3.33. The lowest BCUT2D eigenvalue weighted by Gasteiger charge is -2.40. The van der Waals surface area contributed by atoms with Crippen molar-refractivity contribution in [1.29, 1.82) is 0 Å². The maximum atomic E-state index is 6.51. The molecule has 0 saturated heterocycles. The van der Waals surface area contributed by atoms with Gasteiger partial charge in [0, 0.05) is 29.2 Å². The molecule has 2 aliphatic rings. The summed E-state index contributed by atoms with van der Waals surface area (Å²) in [4.78, 5) is 5.15. The van der Waals surface area contributed by atoms with Crippen molar-refractivity contribution in [3.05, 3.63) is 101 Å². The molecular formula is C28H27NO2. The first-order chi connectivity index (χ1) is 15.0. The van der Waals surface area contributed by atoms with Crippen LogP contribution in [0, 0.1) is 5.41 Å². The van der Waals surface area contributed by atoms with Gasteiger partial charge >= 0.3 is 0 Å². The summed E-state index contributed by atoms with van der Waals surface area (Å²) in [5, 5.41) is 0. The lowest BCUT2D eigenvalue weighted by Crippen LogP contribution is -2.33. The Balaban J connectivity index is 1.69. The lowest BCUT2D eigenvalue weighted by molar-refractivity contribution is 0.279. The Morgan fingerprint density at radius 3 is 2.32 bits per heavy atom. The zero-order chi connectivity index (χ0) is 21.4. The van der Waals surface area contributed by atoms with Crippen LogP contribution < -0.4 is 9.47 Å². The Kier molecular flexibility index (Phi) is 4.90. The fourth-order valence-electron chi connectivity index (χ4n) is 4.72. The Morgan fingerprint density at radius 1 is 0.871 bits per heavy atom. The average Bonchev–Trinajstić information content (AvgIpc) is 2.78. The molecule has 0 aromatic heterocycles. The first-order valence-corrected chi connectivity index (χ1v) is 10.8. The van der Waals surface area contributed by atoms with Gasteiger partial charge in [0.2, 0.25) is 0 Å². The van der Waals surface area contributed by atoms with Gasteiger partial charge in [0.25, 0.3) is 0 Å². The quantitative estimate of drug-likeness (QED) is 0.463. The van der Waals surface area contributed by atoms with E-state index < -0.39 is 0 Å². The first kappa shape index (κ1) is 19.6. The van der Waals surface area contributed by atoms with Crippen molar-refractivity contribution >= 4 is 11.4 Å². The third-order valence-electron chi connectivity index (χ3n) is 6.12. The van der Waals surface area contributed by atoms with E-state index in [-0.39, 0.29) is 11.3 Å².